The molecule has 1 aliphatic rings. The lowest BCUT2D eigenvalue weighted by Gasteiger charge is -2.31. The zero-order valence-corrected chi connectivity index (χ0v) is 20.5. The summed E-state index contributed by atoms with van der Waals surface area (Å²) in [5.74, 6) is -0.448. The minimum Gasteiger partial charge on any atom is -0.466 e. The molecule has 7 heteroatoms. The number of carbonyl (C=O) groups excluding carboxylic acids is 2. The summed E-state index contributed by atoms with van der Waals surface area (Å²) in [5, 5.41) is 10.6. The molecule has 4 rings (SSSR count). The molecule has 0 radical (unpaired) electrons. The Labute approximate surface area is 209 Å². The summed E-state index contributed by atoms with van der Waals surface area (Å²) in [6.07, 6.45) is 1.50. The highest BCUT2D eigenvalue weighted by Crippen LogP contribution is 2.34. The number of benzene rings is 2. The molecule has 1 fully saturated rings. The Morgan fingerprint density at radius 2 is 1.80 bits per heavy atom. The number of piperidine rings is 1. The molecular formula is C28H27N3O3S. The minimum absolute atomic E-state index is 0.0685. The molecule has 0 N–H and O–H groups in total. The first-order valence-electron chi connectivity index (χ1n) is 11.7. The maximum atomic E-state index is 13.0. The number of hydrogen-bond donors (Lipinski definition) is 0. The zero-order valence-electron chi connectivity index (χ0n) is 19.6. The van der Waals surface area contributed by atoms with Crippen molar-refractivity contribution in [2.75, 3.05) is 25.4 Å². The van der Waals surface area contributed by atoms with Crippen LogP contribution in [0.25, 0.3) is 22.4 Å². The van der Waals surface area contributed by atoms with Crippen molar-refractivity contribution in [3.8, 4) is 28.5 Å². The lowest BCUT2D eigenvalue weighted by atomic mass is 9.98. The first kappa shape index (κ1) is 24.5. The highest BCUT2D eigenvalue weighted by atomic mass is 32.2. The molecule has 1 saturated heterocycles. The normalized spacial score (nSPS) is 15.3. The van der Waals surface area contributed by atoms with Gasteiger partial charge in [-0.05, 0) is 31.4 Å². The van der Waals surface area contributed by atoms with Gasteiger partial charge in [-0.15, -0.1) is 0 Å². The number of pyridine rings is 1. The number of esters is 1. The molecule has 1 amide bonds. The van der Waals surface area contributed by atoms with Crippen molar-refractivity contribution in [3.63, 3.8) is 0 Å². The van der Waals surface area contributed by atoms with Crippen LogP contribution in [0.5, 0.6) is 0 Å². The third kappa shape index (κ3) is 5.90. The summed E-state index contributed by atoms with van der Waals surface area (Å²) in [7, 11) is 0. The third-order valence-electron chi connectivity index (χ3n) is 5.98. The molecule has 1 aliphatic heterocycles. The van der Waals surface area contributed by atoms with E-state index in [9.17, 15) is 14.9 Å². The van der Waals surface area contributed by atoms with E-state index >= 15 is 0 Å². The Morgan fingerprint density at radius 1 is 1.11 bits per heavy atom. The van der Waals surface area contributed by atoms with Gasteiger partial charge in [-0.2, -0.15) is 5.26 Å². The van der Waals surface area contributed by atoms with E-state index in [4.69, 9.17) is 9.72 Å². The number of likely N-dealkylation sites (tertiary alicyclic amines) is 1. The van der Waals surface area contributed by atoms with E-state index in [1.165, 1.54) is 11.8 Å². The summed E-state index contributed by atoms with van der Waals surface area (Å²) in [6.45, 7) is 3.11. The highest BCUT2D eigenvalue weighted by molar-refractivity contribution is 8.00. The van der Waals surface area contributed by atoms with E-state index in [0.29, 0.717) is 30.3 Å². The Kier molecular flexibility index (Phi) is 8.17. The Hall–Kier alpha value is -3.63. The van der Waals surface area contributed by atoms with Gasteiger partial charge in [0.1, 0.15) is 11.1 Å². The van der Waals surface area contributed by atoms with Crippen LogP contribution < -0.4 is 0 Å². The molecule has 0 bridgehead atoms. The molecular weight excluding hydrogens is 458 g/mol. The lowest BCUT2D eigenvalue weighted by molar-refractivity contribution is -0.151. The smallest absolute Gasteiger partial charge is 0.310 e. The van der Waals surface area contributed by atoms with Crippen molar-refractivity contribution >= 4 is 23.6 Å². The Bertz CT molecular complexity index is 1230. The van der Waals surface area contributed by atoms with Gasteiger partial charge in [0.15, 0.2) is 0 Å². The van der Waals surface area contributed by atoms with Gasteiger partial charge in [0, 0.05) is 24.2 Å². The molecule has 0 unspecified atom stereocenters. The van der Waals surface area contributed by atoms with Crippen molar-refractivity contribution in [1.82, 2.24) is 9.88 Å². The monoisotopic (exact) mass is 485 g/mol. The number of aromatic nitrogens is 1. The van der Waals surface area contributed by atoms with E-state index in [-0.39, 0.29) is 23.5 Å². The van der Waals surface area contributed by atoms with Crippen LogP contribution in [0.4, 0.5) is 0 Å². The number of rotatable bonds is 7. The van der Waals surface area contributed by atoms with Crippen LogP contribution in [0.3, 0.4) is 0 Å². The number of carbonyl (C=O) groups is 2. The van der Waals surface area contributed by atoms with Crippen LogP contribution in [0.15, 0.2) is 71.8 Å². The summed E-state index contributed by atoms with van der Waals surface area (Å²) in [6, 6.07) is 23.8. The fourth-order valence-electron chi connectivity index (χ4n) is 4.21. The third-order valence-corrected chi connectivity index (χ3v) is 6.94. The van der Waals surface area contributed by atoms with Crippen molar-refractivity contribution < 1.29 is 14.3 Å². The van der Waals surface area contributed by atoms with Crippen LogP contribution in [0, 0.1) is 17.2 Å². The van der Waals surface area contributed by atoms with Crippen molar-refractivity contribution in [2.45, 2.75) is 24.8 Å². The minimum atomic E-state index is -0.281. The molecule has 3 aromatic rings. The second kappa shape index (κ2) is 11.7. The standard InChI is InChI=1S/C28H27N3O3S/c1-2-34-28(33)22-14-9-15-31(18-22)26(32)19-35-27-24(17-29)23(20-10-5-3-6-11-20)16-25(30-27)21-12-7-4-8-13-21/h3-8,10-13,16,22H,2,9,14-15,18-19H2,1H3/t22-/m1/s1. The van der Waals surface area contributed by atoms with Gasteiger partial charge in [0.05, 0.1) is 29.5 Å². The maximum absolute atomic E-state index is 13.0. The predicted molar refractivity (Wildman–Crippen MR) is 136 cm³/mol. The quantitative estimate of drug-likeness (QED) is 0.339. The van der Waals surface area contributed by atoms with Crippen LogP contribution in [0.1, 0.15) is 25.3 Å². The van der Waals surface area contributed by atoms with Crippen molar-refractivity contribution in [3.05, 3.63) is 72.3 Å². The van der Waals surface area contributed by atoms with Gasteiger partial charge >= 0.3 is 5.97 Å². The largest absolute Gasteiger partial charge is 0.466 e. The van der Waals surface area contributed by atoms with Gasteiger partial charge in [0.2, 0.25) is 5.91 Å². The van der Waals surface area contributed by atoms with Gasteiger partial charge in [0.25, 0.3) is 0 Å². The number of nitrogens with zero attached hydrogens (tertiary/aromatic N) is 3. The molecule has 0 aliphatic carbocycles. The summed E-state index contributed by atoms with van der Waals surface area (Å²) < 4.78 is 5.15. The summed E-state index contributed by atoms with van der Waals surface area (Å²) >= 11 is 1.27. The summed E-state index contributed by atoms with van der Waals surface area (Å²) in [5.41, 5.74) is 3.86. The number of amides is 1. The summed E-state index contributed by atoms with van der Waals surface area (Å²) in [4.78, 5) is 31.7. The fraction of sp³-hybridized carbons (Fsp3) is 0.286. The van der Waals surface area contributed by atoms with E-state index in [0.717, 1.165) is 35.2 Å². The molecule has 6 nitrogen and oxygen atoms in total. The molecule has 2 aromatic carbocycles. The fourth-order valence-corrected chi connectivity index (χ4v) is 5.12. The SMILES string of the molecule is CCOC(=O)[C@@H]1CCCN(C(=O)CSc2nc(-c3ccccc3)cc(-c3ccccc3)c2C#N)C1. The molecule has 0 saturated carbocycles. The van der Waals surface area contributed by atoms with Crippen LogP contribution in [-0.4, -0.2) is 47.2 Å². The van der Waals surface area contributed by atoms with Crippen molar-refractivity contribution in [1.29, 1.82) is 5.26 Å². The number of ether oxygens (including phenoxy) is 1. The van der Waals surface area contributed by atoms with E-state index in [2.05, 4.69) is 6.07 Å². The van der Waals surface area contributed by atoms with Gasteiger partial charge < -0.3 is 9.64 Å². The second-order valence-corrected chi connectivity index (χ2v) is 9.26. The van der Waals surface area contributed by atoms with Crippen LogP contribution >= 0.6 is 11.8 Å². The van der Waals surface area contributed by atoms with Crippen LogP contribution in [0.2, 0.25) is 0 Å². The first-order chi connectivity index (χ1) is 17.1. The van der Waals surface area contributed by atoms with Gasteiger partial charge in [-0.25, -0.2) is 4.98 Å². The van der Waals surface area contributed by atoms with Gasteiger partial charge in [-0.3, -0.25) is 9.59 Å². The molecule has 178 valence electrons. The average Bonchev–Trinajstić information content (AvgIpc) is 2.92. The highest BCUT2D eigenvalue weighted by Gasteiger charge is 2.29. The van der Waals surface area contributed by atoms with E-state index < -0.39 is 0 Å². The first-order valence-corrected chi connectivity index (χ1v) is 12.7. The predicted octanol–water partition coefficient (Wildman–Crippen LogP) is 5.18. The molecule has 1 aromatic heterocycles. The maximum Gasteiger partial charge on any atom is 0.310 e. The van der Waals surface area contributed by atoms with Gasteiger partial charge in [-0.1, -0.05) is 72.4 Å². The lowest BCUT2D eigenvalue weighted by Crippen LogP contribution is -2.43. The van der Waals surface area contributed by atoms with E-state index in [1.807, 2.05) is 66.7 Å². The molecule has 35 heavy (non-hydrogen) atoms. The average molecular weight is 486 g/mol. The molecule has 1 atom stereocenters. The van der Waals surface area contributed by atoms with Crippen LogP contribution in [-0.2, 0) is 14.3 Å². The Balaban J connectivity index is 1.60. The number of thioether (sulfide) groups is 1. The number of nitriles is 1. The van der Waals surface area contributed by atoms with E-state index in [1.54, 1.807) is 11.8 Å². The second-order valence-electron chi connectivity index (χ2n) is 8.30. The van der Waals surface area contributed by atoms with Crippen molar-refractivity contribution in [2.24, 2.45) is 5.92 Å². The zero-order chi connectivity index (χ0) is 24.6. The Morgan fingerprint density at radius 3 is 2.46 bits per heavy atom. The molecule has 2 heterocycles. The molecule has 0 spiro atoms. The topological polar surface area (TPSA) is 83.3 Å². The number of hydrogen-bond acceptors (Lipinski definition) is 6.